The van der Waals surface area contributed by atoms with Gasteiger partial charge in [0.05, 0.1) is 19.2 Å². The number of piperazine rings is 1. The Morgan fingerprint density at radius 2 is 2.00 bits per heavy atom. The van der Waals surface area contributed by atoms with Crippen molar-refractivity contribution in [3.05, 3.63) is 29.8 Å². The third-order valence-corrected chi connectivity index (χ3v) is 5.25. The van der Waals surface area contributed by atoms with Gasteiger partial charge in [0.25, 0.3) is 0 Å². The lowest BCUT2D eigenvalue weighted by molar-refractivity contribution is -0.143. The van der Waals surface area contributed by atoms with Gasteiger partial charge in [-0.2, -0.15) is 0 Å². The van der Waals surface area contributed by atoms with E-state index in [1.807, 2.05) is 23.1 Å². The molecule has 2 aliphatic heterocycles. The first-order valence-electron chi connectivity index (χ1n) is 9.03. The Kier molecular flexibility index (Phi) is 5.41. The Morgan fingerprint density at radius 3 is 2.75 bits per heavy atom. The van der Waals surface area contributed by atoms with E-state index < -0.39 is 0 Å². The number of amides is 1. The van der Waals surface area contributed by atoms with Crippen LogP contribution in [0.25, 0.3) is 0 Å². The summed E-state index contributed by atoms with van der Waals surface area (Å²) in [5.74, 6) is 1.19. The summed E-state index contributed by atoms with van der Waals surface area (Å²) in [6, 6.07) is 8.60. The molecule has 0 bridgehead atoms. The number of carbonyl (C=O) groups is 1. The van der Waals surface area contributed by atoms with Gasteiger partial charge in [0.2, 0.25) is 5.91 Å². The van der Waals surface area contributed by atoms with Crippen LogP contribution in [0.1, 0.15) is 38.3 Å². The van der Waals surface area contributed by atoms with Gasteiger partial charge in [-0.15, -0.1) is 0 Å². The maximum absolute atomic E-state index is 13.0. The molecule has 5 nitrogen and oxygen atoms in total. The van der Waals surface area contributed by atoms with E-state index in [1.54, 1.807) is 7.11 Å². The van der Waals surface area contributed by atoms with Crippen molar-refractivity contribution in [2.45, 2.75) is 44.8 Å². The Bertz CT molecular complexity index is 575. The highest BCUT2D eigenvalue weighted by Gasteiger charge is 2.39. The predicted octanol–water partition coefficient (Wildman–Crippen LogP) is 2.04. The van der Waals surface area contributed by atoms with Crippen LogP contribution in [-0.4, -0.2) is 61.1 Å². The van der Waals surface area contributed by atoms with Gasteiger partial charge in [-0.05, 0) is 32.8 Å². The molecule has 0 radical (unpaired) electrons. The number of rotatable bonds is 4. The molecular weight excluding hydrogens is 302 g/mol. The zero-order chi connectivity index (χ0) is 17.1. The van der Waals surface area contributed by atoms with Crippen LogP contribution in [0.15, 0.2) is 24.3 Å². The summed E-state index contributed by atoms with van der Waals surface area (Å²) in [5, 5.41) is 3.48. The second kappa shape index (κ2) is 7.53. The standard InChI is InChI=1S/C19H29N3O2/c1-14(2)21-11-6-8-16(19(21)23)22-12-10-20-13-17(22)15-7-4-5-9-18(15)24-3/h4-5,7,9,14,16-17,20H,6,8,10-13H2,1-3H3. The maximum atomic E-state index is 13.0. The quantitative estimate of drug-likeness (QED) is 0.917. The van der Waals surface area contributed by atoms with Gasteiger partial charge in [-0.3, -0.25) is 9.69 Å². The smallest absolute Gasteiger partial charge is 0.240 e. The zero-order valence-corrected chi connectivity index (χ0v) is 15.0. The van der Waals surface area contributed by atoms with Gasteiger partial charge in [0.15, 0.2) is 0 Å². The molecule has 2 aliphatic rings. The van der Waals surface area contributed by atoms with E-state index in [9.17, 15) is 4.79 Å². The summed E-state index contributed by atoms with van der Waals surface area (Å²) in [7, 11) is 1.71. The number of methoxy groups -OCH3 is 1. The Balaban J connectivity index is 1.88. The molecule has 2 fully saturated rings. The predicted molar refractivity (Wildman–Crippen MR) is 95.2 cm³/mol. The number of nitrogens with one attached hydrogen (secondary N) is 1. The van der Waals surface area contributed by atoms with Crippen LogP contribution in [0.2, 0.25) is 0 Å². The fourth-order valence-corrected chi connectivity index (χ4v) is 4.02. The molecule has 0 aromatic heterocycles. The van der Waals surface area contributed by atoms with E-state index >= 15 is 0 Å². The lowest BCUT2D eigenvalue weighted by Gasteiger charge is -2.45. The van der Waals surface area contributed by atoms with Crippen molar-refractivity contribution in [1.29, 1.82) is 0 Å². The largest absolute Gasteiger partial charge is 0.496 e. The Hall–Kier alpha value is -1.59. The number of likely N-dealkylation sites (tertiary alicyclic amines) is 1. The summed E-state index contributed by atoms with van der Waals surface area (Å²) < 4.78 is 5.57. The first-order valence-corrected chi connectivity index (χ1v) is 9.03. The molecule has 2 heterocycles. The van der Waals surface area contributed by atoms with Crippen molar-refractivity contribution in [3.63, 3.8) is 0 Å². The maximum Gasteiger partial charge on any atom is 0.240 e. The summed E-state index contributed by atoms with van der Waals surface area (Å²) in [6.07, 6.45) is 2.03. The van der Waals surface area contributed by atoms with Crippen LogP contribution in [0.5, 0.6) is 5.75 Å². The van der Waals surface area contributed by atoms with Crippen molar-refractivity contribution in [2.24, 2.45) is 0 Å². The minimum absolute atomic E-state index is 0.0156. The van der Waals surface area contributed by atoms with Crippen LogP contribution >= 0.6 is 0 Å². The van der Waals surface area contributed by atoms with E-state index in [1.165, 1.54) is 5.56 Å². The Morgan fingerprint density at radius 1 is 1.21 bits per heavy atom. The first-order chi connectivity index (χ1) is 11.6. The summed E-state index contributed by atoms with van der Waals surface area (Å²) >= 11 is 0. The molecule has 0 spiro atoms. The SMILES string of the molecule is COc1ccccc1C1CNCCN1C1CCCN(C(C)C)C1=O. The number of para-hydroxylation sites is 1. The third-order valence-electron chi connectivity index (χ3n) is 5.25. The molecule has 2 saturated heterocycles. The average molecular weight is 331 g/mol. The molecule has 1 amide bonds. The highest BCUT2D eigenvalue weighted by molar-refractivity contribution is 5.83. The van der Waals surface area contributed by atoms with Crippen LogP contribution in [-0.2, 0) is 4.79 Å². The number of hydrogen-bond acceptors (Lipinski definition) is 4. The molecule has 3 rings (SSSR count). The van der Waals surface area contributed by atoms with E-state index in [4.69, 9.17) is 4.74 Å². The molecule has 2 unspecified atom stereocenters. The molecule has 1 aromatic rings. The molecule has 24 heavy (non-hydrogen) atoms. The summed E-state index contributed by atoms with van der Waals surface area (Å²) in [4.78, 5) is 17.5. The molecule has 5 heteroatoms. The van der Waals surface area contributed by atoms with Gasteiger partial charge in [0, 0.05) is 37.8 Å². The van der Waals surface area contributed by atoms with Gasteiger partial charge in [-0.1, -0.05) is 18.2 Å². The Labute approximate surface area is 145 Å². The third kappa shape index (κ3) is 3.28. The highest BCUT2D eigenvalue weighted by atomic mass is 16.5. The van der Waals surface area contributed by atoms with Crippen molar-refractivity contribution in [3.8, 4) is 5.75 Å². The number of benzene rings is 1. The molecule has 0 saturated carbocycles. The summed E-state index contributed by atoms with van der Waals surface area (Å²) in [5.41, 5.74) is 1.17. The fraction of sp³-hybridized carbons (Fsp3) is 0.632. The van der Waals surface area contributed by atoms with E-state index in [0.29, 0.717) is 0 Å². The van der Waals surface area contributed by atoms with E-state index in [-0.39, 0.29) is 24.0 Å². The second-order valence-electron chi connectivity index (χ2n) is 6.98. The monoisotopic (exact) mass is 331 g/mol. The molecule has 2 atom stereocenters. The molecule has 132 valence electrons. The van der Waals surface area contributed by atoms with Gasteiger partial charge >= 0.3 is 0 Å². The van der Waals surface area contributed by atoms with Gasteiger partial charge in [-0.25, -0.2) is 0 Å². The number of carbonyl (C=O) groups excluding carboxylic acids is 1. The lowest BCUT2D eigenvalue weighted by atomic mass is 9.95. The number of hydrogen-bond donors (Lipinski definition) is 1. The van der Waals surface area contributed by atoms with E-state index in [0.717, 1.165) is 44.8 Å². The number of piperidine rings is 1. The van der Waals surface area contributed by atoms with Gasteiger partial charge in [0.1, 0.15) is 5.75 Å². The first kappa shape index (κ1) is 17.2. The molecule has 1 aromatic carbocycles. The van der Waals surface area contributed by atoms with Crippen molar-refractivity contribution >= 4 is 5.91 Å². The normalized spacial score (nSPS) is 26.0. The van der Waals surface area contributed by atoms with Crippen molar-refractivity contribution in [1.82, 2.24) is 15.1 Å². The minimum atomic E-state index is -0.0156. The van der Waals surface area contributed by atoms with Crippen molar-refractivity contribution < 1.29 is 9.53 Å². The highest BCUT2D eigenvalue weighted by Crippen LogP contribution is 2.33. The average Bonchev–Trinajstić information content (AvgIpc) is 2.61. The molecular formula is C19H29N3O2. The zero-order valence-electron chi connectivity index (χ0n) is 15.0. The second-order valence-corrected chi connectivity index (χ2v) is 6.98. The number of ether oxygens (including phenoxy) is 1. The van der Waals surface area contributed by atoms with Crippen LogP contribution in [0.4, 0.5) is 0 Å². The minimum Gasteiger partial charge on any atom is -0.496 e. The van der Waals surface area contributed by atoms with Crippen LogP contribution in [0, 0.1) is 0 Å². The van der Waals surface area contributed by atoms with Crippen molar-refractivity contribution in [2.75, 3.05) is 33.3 Å². The van der Waals surface area contributed by atoms with Crippen LogP contribution < -0.4 is 10.1 Å². The van der Waals surface area contributed by atoms with Gasteiger partial charge < -0.3 is 15.0 Å². The topological polar surface area (TPSA) is 44.8 Å². The van der Waals surface area contributed by atoms with Crippen LogP contribution in [0.3, 0.4) is 0 Å². The molecule has 1 N–H and O–H groups in total. The summed E-state index contributed by atoms with van der Waals surface area (Å²) in [6.45, 7) is 7.78. The lowest BCUT2D eigenvalue weighted by Crippen LogP contribution is -2.59. The fourth-order valence-electron chi connectivity index (χ4n) is 4.02. The molecule has 0 aliphatic carbocycles. The number of nitrogens with zero attached hydrogens (tertiary/aromatic N) is 2. The van der Waals surface area contributed by atoms with E-state index in [2.05, 4.69) is 30.1 Å².